The molecule has 3 amide bonds. The highest BCUT2D eigenvalue weighted by Gasteiger charge is 2.28. The van der Waals surface area contributed by atoms with Crippen LogP contribution in [0, 0.1) is 12.8 Å². The summed E-state index contributed by atoms with van der Waals surface area (Å²) in [6.45, 7) is 3.18. The maximum Gasteiger partial charge on any atom is 0.273 e. The third-order valence-corrected chi connectivity index (χ3v) is 5.24. The number of carbonyl (C=O) groups excluding carboxylic acids is 3. The largest absolute Gasteiger partial charge is 0.504 e. The lowest BCUT2D eigenvalue weighted by Crippen LogP contribution is -2.47. The molecule has 30 heavy (non-hydrogen) atoms. The Kier molecular flexibility index (Phi) is 6.65. The van der Waals surface area contributed by atoms with Gasteiger partial charge in [0.15, 0.2) is 11.4 Å². The number of hydrogen-bond donors (Lipinski definition) is 5. The Hall–Kier alpha value is -3.43. The molecular formula is C20H26N6O4. The highest BCUT2D eigenvalue weighted by atomic mass is 16.3. The van der Waals surface area contributed by atoms with Gasteiger partial charge in [-0.25, -0.2) is 4.98 Å². The van der Waals surface area contributed by atoms with Gasteiger partial charge in [0.05, 0.1) is 0 Å². The molecule has 0 aliphatic heterocycles. The molecule has 10 heteroatoms. The third kappa shape index (κ3) is 5.13. The summed E-state index contributed by atoms with van der Waals surface area (Å²) < 4.78 is 0. The second-order valence-corrected chi connectivity index (χ2v) is 7.48. The fraction of sp³-hybridized carbons (Fsp3) is 0.450. The van der Waals surface area contributed by atoms with Gasteiger partial charge in [-0.1, -0.05) is 12.8 Å². The molecule has 3 rings (SSSR count). The lowest BCUT2D eigenvalue weighted by atomic mass is 9.97. The third-order valence-electron chi connectivity index (χ3n) is 5.24. The van der Waals surface area contributed by atoms with Crippen LogP contribution in [0.1, 0.15) is 59.1 Å². The van der Waals surface area contributed by atoms with Crippen LogP contribution in [0.25, 0.3) is 0 Å². The van der Waals surface area contributed by atoms with E-state index in [4.69, 9.17) is 0 Å². The van der Waals surface area contributed by atoms with Gasteiger partial charge >= 0.3 is 0 Å². The van der Waals surface area contributed by atoms with Gasteiger partial charge in [0.25, 0.3) is 11.8 Å². The van der Waals surface area contributed by atoms with Crippen LogP contribution in [-0.2, 0) is 4.79 Å². The minimum Gasteiger partial charge on any atom is -0.504 e. The summed E-state index contributed by atoms with van der Waals surface area (Å²) >= 11 is 0. The lowest BCUT2D eigenvalue weighted by molar-refractivity contribution is -0.114. The highest BCUT2D eigenvalue weighted by molar-refractivity contribution is 5.97. The van der Waals surface area contributed by atoms with E-state index < -0.39 is 5.91 Å². The lowest BCUT2D eigenvalue weighted by Gasteiger charge is -2.25. The molecule has 160 valence electrons. The van der Waals surface area contributed by atoms with Crippen molar-refractivity contribution in [3.63, 3.8) is 0 Å². The van der Waals surface area contributed by atoms with E-state index in [-0.39, 0.29) is 41.8 Å². The Morgan fingerprint density at radius 1 is 1.27 bits per heavy atom. The number of carbonyl (C=O) groups is 3. The summed E-state index contributed by atoms with van der Waals surface area (Å²) in [6, 6.07) is 2.80. The van der Waals surface area contributed by atoms with E-state index in [1.807, 2.05) is 0 Å². The van der Waals surface area contributed by atoms with Crippen molar-refractivity contribution in [1.82, 2.24) is 25.8 Å². The zero-order chi connectivity index (χ0) is 21.7. The summed E-state index contributed by atoms with van der Waals surface area (Å²) in [7, 11) is 0. The van der Waals surface area contributed by atoms with Crippen molar-refractivity contribution in [3.8, 4) is 5.75 Å². The molecule has 0 aromatic carbocycles. The molecular weight excluding hydrogens is 388 g/mol. The molecule has 1 atom stereocenters. The van der Waals surface area contributed by atoms with Gasteiger partial charge in [0, 0.05) is 31.3 Å². The fourth-order valence-electron chi connectivity index (χ4n) is 3.64. The van der Waals surface area contributed by atoms with Crippen LogP contribution in [0.2, 0.25) is 0 Å². The number of rotatable bonds is 7. The van der Waals surface area contributed by atoms with Crippen LogP contribution >= 0.6 is 0 Å². The standard InChI is InChI=1S/C20H26N6O4/c1-11-18(28)17(26-25-11)20(30)22-10-15(13-5-3-4-6-13)24-19(29)14-7-8-21-16(9-14)23-12(2)27/h7-9,13,15,28H,3-6,10H2,1-2H3,(H,22,30)(H,24,29)(H,25,26)(H,21,23,27). The van der Waals surface area contributed by atoms with Crippen molar-refractivity contribution < 1.29 is 19.5 Å². The van der Waals surface area contributed by atoms with E-state index in [1.54, 1.807) is 13.0 Å². The monoisotopic (exact) mass is 414 g/mol. The maximum absolute atomic E-state index is 12.8. The molecule has 0 saturated heterocycles. The Bertz CT molecular complexity index is 935. The predicted molar refractivity (Wildman–Crippen MR) is 109 cm³/mol. The SMILES string of the molecule is CC(=O)Nc1cc(C(=O)NC(CNC(=O)c2[nH]nc(C)c2O)C2CCCC2)ccn1. The predicted octanol–water partition coefficient (Wildman–Crippen LogP) is 1.50. The molecule has 2 heterocycles. The molecule has 1 unspecified atom stereocenters. The molecule has 0 radical (unpaired) electrons. The maximum atomic E-state index is 12.8. The number of aryl methyl sites for hydroxylation is 1. The summed E-state index contributed by atoms with van der Waals surface area (Å²) in [5, 5.41) is 24.6. The van der Waals surface area contributed by atoms with Crippen molar-refractivity contribution >= 4 is 23.5 Å². The van der Waals surface area contributed by atoms with Crippen LogP contribution in [-0.4, -0.2) is 50.6 Å². The second-order valence-electron chi connectivity index (χ2n) is 7.48. The number of anilines is 1. The van der Waals surface area contributed by atoms with Crippen molar-refractivity contribution in [1.29, 1.82) is 0 Å². The molecule has 2 aromatic heterocycles. The van der Waals surface area contributed by atoms with Crippen molar-refractivity contribution in [2.24, 2.45) is 5.92 Å². The van der Waals surface area contributed by atoms with Gasteiger partial charge in [0.2, 0.25) is 5.91 Å². The quantitative estimate of drug-likeness (QED) is 0.463. The van der Waals surface area contributed by atoms with E-state index >= 15 is 0 Å². The minimum atomic E-state index is -0.484. The van der Waals surface area contributed by atoms with E-state index in [2.05, 4.69) is 31.1 Å². The van der Waals surface area contributed by atoms with Gasteiger partial charge in [-0.15, -0.1) is 0 Å². The topological polar surface area (TPSA) is 149 Å². The van der Waals surface area contributed by atoms with E-state index in [1.165, 1.54) is 19.2 Å². The number of aromatic amines is 1. The first-order valence-electron chi connectivity index (χ1n) is 9.91. The van der Waals surface area contributed by atoms with Crippen LogP contribution in [0.4, 0.5) is 5.82 Å². The van der Waals surface area contributed by atoms with E-state index in [9.17, 15) is 19.5 Å². The Morgan fingerprint density at radius 3 is 2.63 bits per heavy atom. The van der Waals surface area contributed by atoms with Crippen LogP contribution in [0.3, 0.4) is 0 Å². The highest BCUT2D eigenvalue weighted by Crippen LogP contribution is 2.28. The molecule has 5 N–H and O–H groups in total. The second kappa shape index (κ2) is 9.38. The number of amides is 3. The molecule has 10 nitrogen and oxygen atoms in total. The average Bonchev–Trinajstić information content (AvgIpc) is 3.35. The number of aromatic nitrogens is 3. The fourth-order valence-corrected chi connectivity index (χ4v) is 3.64. The molecule has 1 fully saturated rings. The van der Waals surface area contributed by atoms with Crippen molar-refractivity contribution in [2.45, 2.75) is 45.6 Å². The van der Waals surface area contributed by atoms with Gasteiger partial charge in [0.1, 0.15) is 11.5 Å². The Labute approximate surface area is 173 Å². The van der Waals surface area contributed by atoms with E-state index in [0.717, 1.165) is 25.7 Å². The van der Waals surface area contributed by atoms with Crippen LogP contribution in [0.5, 0.6) is 5.75 Å². The van der Waals surface area contributed by atoms with Crippen LogP contribution < -0.4 is 16.0 Å². The number of nitrogens with zero attached hydrogens (tertiary/aromatic N) is 2. The molecule has 1 aliphatic carbocycles. The summed E-state index contributed by atoms with van der Waals surface area (Å²) in [4.78, 5) is 40.4. The van der Waals surface area contributed by atoms with Gasteiger partial charge in [-0.05, 0) is 37.8 Å². The molecule has 1 aliphatic rings. The summed E-state index contributed by atoms with van der Waals surface area (Å²) in [5.41, 5.74) is 0.705. The minimum absolute atomic E-state index is 0.00178. The van der Waals surface area contributed by atoms with E-state index in [0.29, 0.717) is 17.1 Å². The first-order chi connectivity index (χ1) is 14.3. The summed E-state index contributed by atoms with van der Waals surface area (Å²) in [6.07, 6.45) is 5.53. The Balaban J connectivity index is 1.68. The molecule has 2 aromatic rings. The number of hydrogen-bond acceptors (Lipinski definition) is 6. The first-order valence-corrected chi connectivity index (χ1v) is 9.91. The number of nitrogens with one attached hydrogen (secondary N) is 4. The average molecular weight is 414 g/mol. The van der Waals surface area contributed by atoms with Crippen LogP contribution in [0.15, 0.2) is 18.3 Å². The molecule has 1 saturated carbocycles. The van der Waals surface area contributed by atoms with Gasteiger partial charge in [-0.2, -0.15) is 5.10 Å². The number of aromatic hydroxyl groups is 1. The van der Waals surface area contributed by atoms with Crippen molar-refractivity contribution in [2.75, 3.05) is 11.9 Å². The van der Waals surface area contributed by atoms with Crippen molar-refractivity contribution in [3.05, 3.63) is 35.3 Å². The summed E-state index contributed by atoms with van der Waals surface area (Å²) in [5.74, 6) is -0.716. The smallest absolute Gasteiger partial charge is 0.273 e. The molecule has 0 spiro atoms. The zero-order valence-corrected chi connectivity index (χ0v) is 17.0. The normalized spacial score (nSPS) is 14.9. The zero-order valence-electron chi connectivity index (χ0n) is 17.0. The number of pyridine rings is 1. The molecule has 0 bridgehead atoms. The van der Waals surface area contributed by atoms with Gasteiger partial charge in [-0.3, -0.25) is 19.5 Å². The Morgan fingerprint density at radius 2 is 2.00 bits per heavy atom. The van der Waals surface area contributed by atoms with Gasteiger partial charge < -0.3 is 21.1 Å². The first kappa shape index (κ1) is 21.3. The number of H-pyrrole nitrogens is 1.